The Morgan fingerprint density at radius 2 is 1.71 bits per heavy atom. The van der Waals surface area contributed by atoms with Crippen LogP contribution in [0.1, 0.15) is 49.1 Å². The summed E-state index contributed by atoms with van der Waals surface area (Å²) in [5, 5.41) is 1.11. The topological polar surface area (TPSA) is 52.5 Å². The zero-order chi connectivity index (χ0) is 29.5. The third kappa shape index (κ3) is 5.50. The van der Waals surface area contributed by atoms with Crippen LogP contribution in [-0.4, -0.2) is 44.4 Å². The lowest BCUT2D eigenvalue weighted by Gasteiger charge is -2.54. The van der Waals surface area contributed by atoms with Crippen LogP contribution in [0.2, 0.25) is 18.1 Å². The van der Waals surface area contributed by atoms with Crippen LogP contribution in [0.15, 0.2) is 77.8 Å². The van der Waals surface area contributed by atoms with E-state index in [2.05, 4.69) is 81.2 Å². The maximum atomic E-state index is 6.97. The van der Waals surface area contributed by atoms with Crippen molar-refractivity contribution >= 4 is 25.2 Å². The molecule has 8 heteroatoms. The van der Waals surface area contributed by atoms with E-state index in [0.29, 0.717) is 19.8 Å². The zero-order valence-corrected chi connectivity index (χ0v) is 27.4. The second-order valence-electron chi connectivity index (χ2n) is 13.0. The minimum atomic E-state index is -2.05. The molecule has 0 aliphatic carbocycles. The summed E-state index contributed by atoms with van der Waals surface area (Å²) in [6.07, 6.45) is 0. The van der Waals surface area contributed by atoms with Gasteiger partial charge in [0.1, 0.15) is 18.1 Å². The highest BCUT2D eigenvalue weighted by Crippen LogP contribution is 2.53. The van der Waals surface area contributed by atoms with Gasteiger partial charge in [0.05, 0.1) is 25.7 Å². The molecule has 0 radical (unpaired) electrons. The molecule has 3 aromatic rings. The lowest BCUT2D eigenvalue weighted by Crippen LogP contribution is -2.61. The summed E-state index contributed by atoms with van der Waals surface area (Å²) < 4.78 is 25.7. The fraction of sp³-hybridized carbons (Fsp3) is 0.441. The van der Waals surface area contributed by atoms with Crippen LogP contribution in [0.3, 0.4) is 0 Å². The SMILES string of the molecule is COc1ccc(COC[C@@]23N=C4SCc5ccccc5CN4[C@H](c4ccccc4O2)[C@H]3CO[Si](C)(C)C(C)(C)C)cc1. The fourth-order valence-corrected chi connectivity index (χ4v) is 7.94. The van der Waals surface area contributed by atoms with Crippen molar-refractivity contribution in [1.29, 1.82) is 0 Å². The monoisotopic (exact) mass is 602 g/mol. The molecule has 0 fully saturated rings. The molecule has 0 saturated carbocycles. The Morgan fingerprint density at radius 3 is 2.45 bits per heavy atom. The number of hydrogen-bond acceptors (Lipinski definition) is 7. The first-order chi connectivity index (χ1) is 20.1. The molecule has 3 heterocycles. The largest absolute Gasteiger partial charge is 0.497 e. The number of aliphatic imine (C=N–C) groups is 1. The number of para-hydroxylation sites is 1. The van der Waals surface area contributed by atoms with Gasteiger partial charge >= 0.3 is 0 Å². The highest BCUT2D eigenvalue weighted by Gasteiger charge is 2.57. The van der Waals surface area contributed by atoms with E-state index < -0.39 is 14.0 Å². The Kier molecular flexibility index (Phi) is 7.93. The van der Waals surface area contributed by atoms with Crippen LogP contribution in [0.4, 0.5) is 0 Å². The van der Waals surface area contributed by atoms with Gasteiger partial charge < -0.3 is 23.5 Å². The number of ether oxygens (including phenoxy) is 3. The summed E-state index contributed by atoms with van der Waals surface area (Å²) in [7, 11) is -0.364. The summed E-state index contributed by atoms with van der Waals surface area (Å²) in [6, 6.07) is 25.3. The molecule has 6 rings (SSSR count). The maximum absolute atomic E-state index is 6.97. The van der Waals surface area contributed by atoms with Gasteiger partial charge in [-0.1, -0.05) is 87.1 Å². The molecule has 0 amide bonds. The number of hydrogen-bond donors (Lipinski definition) is 0. The fourth-order valence-electron chi connectivity index (χ4n) is 5.78. The first-order valence-electron chi connectivity index (χ1n) is 14.8. The molecule has 0 spiro atoms. The van der Waals surface area contributed by atoms with E-state index in [9.17, 15) is 0 Å². The molecule has 222 valence electrons. The second-order valence-corrected chi connectivity index (χ2v) is 18.8. The van der Waals surface area contributed by atoms with Gasteiger partial charge in [0.2, 0.25) is 5.72 Å². The highest BCUT2D eigenvalue weighted by atomic mass is 32.2. The maximum Gasteiger partial charge on any atom is 0.233 e. The van der Waals surface area contributed by atoms with Crippen molar-refractivity contribution in [3.63, 3.8) is 0 Å². The molecule has 3 atom stereocenters. The number of fused-ring (bicyclic) bond motifs is 7. The van der Waals surface area contributed by atoms with E-state index in [1.807, 2.05) is 30.3 Å². The lowest BCUT2D eigenvalue weighted by atomic mass is 9.80. The number of thioether (sulfide) groups is 1. The third-order valence-electron chi connectivity index (χ3n) is 9.33. The van der Waals surface area contributed by atoms with Crippen molar-refractivity contribution in [2.45, 2.75) is 69.6 Å². The van der Waals surface area contributed by atoms with Gasteiger partial charge in [0.25, 0.3) is 0 Å². The number of rotatable bonds is 8. The number of amidine groups is 1. The molecule has 0 unspecified atom stereocenters. The standard InChI is InChI=1S/C34H42N2O4SSi/c1-33(2,3)42(5,6)39-21-29-31-28-13-9-10-14-30(28)40-34(29,23-38-20-24-15-17-27(37-4)18-16-24)35-32-36(31)19-25-11-7-8-12-26(25)22-41-32/h7-18,29,31H,19-23H2,1-6H3/t29-,31-,34-/m1/s1. The predicted molar refractivity (Wildman–Crippen MR) is 173 cm³/mol. The smallest absolute Gasteiger partial charge is 0.233 e. The van der Waals surface area contributed by atoms with Crippen LogP contribution >= 0.6 is 11.8 Å². The molecule has 0 saturated heterocycles. The second kappa shape index (κ2) is 11.4. The minimum absolute atomic E-state index is 0.0491. The van der Waals surface area contributed by atoms with Gasteiger partial charge in [-0.2, -0.15) is 0 Å². The van der Waals surface area contributed by atoms with E-state index >= 15 is 0 Å². The number of nitrogens with zero attached hydrogens (tertiary/aromatic N) is 2. The van der Waals surface area contributed by atoms with Crippen LogP contribution in [0, 0.1) is 5.92 Å². The molecular weight excluding hydrogens is 561 g/mol. The normalized spacial score (nSPS) is 23.1. The van der Waals surface area contributed by atoms with E-state index in [0.717, 1.165) is 34.5 Å². The molecule has 6 nitrogen and oxygen atoms in total. The summed E-state index contributed by atoms with van der Waals surface area (Å²) >= 11 is 1.80. The van der Waals surface area contributed by atoms with Crippen molar-refractivity contribution in [2.75, 3.05) is 20.3 Å². The molecule has 42 heavy (non-hydrogen) atoms. The quantitative estimate of drug-likeness (QED) is 0.245. The molecule has 0 N–H and O–H groups in total. The van der Waals surface area contributed by atoms with Crippen LogP contribution in [-0.2, 0) is 28.1 Å². The summed E-state index contributed by atoms with van der Waals surface area (Å²) in [5.74, 6) is 2.55. The van der Waals surface area contributed by atoms with Crippen molar-refractivity contribution in [3.8, 4) is 11.5 Å². The van der Waals surface area contributed by atoms with Crippen molar-refractivity contribution in [1.82, 2.24) is 4.90 Å². The molecule has 0 aromatic heterocycles. The lowest BCUT2D eigenvalue weighted by molar-refractivity contribution is -0.117. The third-order valence-corrected chi connectivity index (χ3v) is 14.9. The van der Waals surface area contributed by atoms with E-state index in [1.54, 1.807) is 18.9 Å². The molecule has 3 aliphatic heterocycles. The van der Waals surface area contributed by atoms with E-state index in [-0.39, 0.29) is 17.0 Å². The van der Waals surface area contributed by atoms with Crippen LogP contribution < -0.4 is 9.47 Å². The van der Waals surface area contributed by atoms with Gasteiger partial charge in [-0.15, -0.1) is 0 Å². The van der Waals surface area contributed by atoms with Crippen molar-refractivity contribution < 1.29 is 18.6 Å². The van der Waals surface area contributed by atoms with Gasteiger partial charge in [-0.25, -0.2) is 4.99 Å². The Labute approximate surface area is 255 Å². The molecule has 3 aromatic carbocycles. The van der Waals surface area contributed by atoms with Gasteiger partial charge in [0, 0.05) is 24.5 Å². The van der Waals surface area contributed by atoms with Gasteiger partial charge in [-0.3, -0.25) is 0 Å². The first-order valence-corrected chi connectivity index (χ1v) is 18.7. The Hall–Kier alpha value is -2.78. The summed E-state index contributed by atoms with van der Waals surface area (Å²) in [6.45, 7) is 13.7. The van der Waals surface area contributed by atoms with Crippen molar-refractivity contribution in [3.05, 3.63) is 95.1 Å². The number of benzene rings is 3. The Morgan fingerprint density at radius 1 is 1.00 bits per heavy atom. The first kappa shape index (κ1) is 29.3. The average molecular weight is 603 g/mol. The zero-order valence-electron chi connectivity index (χ0n) is 25.6. The van der Waals surface area contributed by atoms with E-state index in [4.69, 9.17) is 23.6 Å². The van der Waals surface area contributed by atoms with Gasteiger partial charge in [-0.05, 0) is 53.0 Å². The van der Waals surface area contributed by atoms with Crippen molar-refractivity contribution in [2.24, 2.45) is 10.9 Å². The molecular formula is C34H42N2O4SSi. The summed E-state index contributed by atoms with van der Waals surface area (Å²) in [5.41, 5.74) is 4.09. The molecule has 3 aliphatic rings. The predicted octanol–water partition coefficient (Wildman–Crippen LogP) is 7.80. The van der Waals surface area contributed by atoms with Crippen LogP contribution in [0.5, 0.6) is 11.5 Å². The minimum Gasteiger partial charge on any atom is -0.497 e. The Balaban J connectivity index is 1.39. The van der Waals surface area contributed by atoms with E-state index in [1.165, 1.54) is 16.7 Å². The molecule has 2 bridgehead atoms. The Bertz CT molecular complexity index is 1450. The average Bonchev–Trinajstić information content (AvgIpc) is 3.15. The number of methoxy groups -OCH3 is 1. The summed E-state index contributed by atoms with van der Waals surface area (Å²) in [4.78, 5) is 7.97. The highest BCUT2D eigenvalue weighted by molar-refractivity contribution is 8.13. The van der Waals surface area contributed by atoms with Crippen LogP contribution in [0.25, 0.3) is 0 Å². The van der Waals surface area contributed by atoms with Gasteiger partial charge in [0.15, 0.2) is 13.5 Å².